The van der Waals surface area contributed by atoms with Gasteiger partial charge in [0.1, 0.15) is 6.61 Å². The van der Waals surface area contributed by atoms with Crippen molar-refractivity contribution < 1.29 is 14.3 Å². The van der Waals surface area contributed by atoms with E-state index in [0.29, 0.717) is 5.69 Å². The topological polar surface area (TPSA) is 67.4 Å². The standard InChI is InChI=1S/C19H26N2O3/c1-12(2)10-15-17(19(15,3)4)18(23)21-14-8-6-13(7-9-14)20-16(22)11-24-5/h6-10,15,17H,11H2,1-5H3,(H,20,22)(H,21,23)/t15-,17-/m0/s1. The Hall–Kier alpha value is -2.14. The highest BCUT2D eigenvalue weighted by molar-refractivity contribution is 5.96. The maximum absolute atomic E-state index is 12.5. The normalized spacial score (nSPS) is 20.9. The van der Waals surface area contributed by atoms with Crippen molar-refractivity contribution in [1.29, 1.82) is 0 Å². The Morgan fingerprint density at radius 2 is 1.67 bits per heavy atom. The van der Waals surface area contributed by atoms with Crippen LogP contribution in [0.3, 0.4) is 0 Å². The highest BCUT2D eigenvalue weighted by atomic mass is 16.5. The molecule has 0 radical (unpaired) electrons. The van der Waals surface area contributed by atoms with E-state index in [4.69, 9.17) is 4.74 Å². The van der Waals surface area contributed by atoms with Crippen LogP contribution in [0.4, 0.5) is 11.4 Å². The lowest BCUT2D eigenvalue weighted by Crippen LogP contribution is -2.18. The number of allylic oxidation sites excluding steroid dienone is 2. The minimum Gasteiger partial charge on any atom is -0.375 e. The minimum atomic E-state index is -0.210. The van der Waals surface area contributed by atoms with Crippen molar-refractivity contribution in [3.63, 3.8) is 0 Å². The first-order chi connectivity index (χ1) is 11.3. The number of nitrogens with one attached hydrogen (secondary N) is 2. The van der Waals surface area contributed by atoms with Gasteiger partial charge < -0.3 is 15.4 Å². The predicted molar refractivity (Wildman–Crippen MR) is 95.8 cm³/mol. The van der Waals surface area contributed by atoms with Crippen LogP contribution in [0.25, 0.3) is 0 Å². The molecule has 1 aromatic carbocycles. The van der Waals surface area contributed by atoms with E-state index >= 15 is 0 Å². The molecule has 1 aromatic rings. The predicted octanol–water partition coefficient (Wildman–Crippen LogP) is 3.45. The average molecular weight is 330 g/mol. The summed E-state index contributed by atoms with van der Waals surface area (Å²) in [5, 5.41) is 5.68. The van der Waals surface area contributed by atoms with E-state index in [2.05, 4.69) is 44.4 Å². The second kappa shape index (κ2) is 7.18. The van der Waals surface area contributed by atoms with Crippen LogP contribution in [-0.4, -0.2) is 25.5 Å². The third kappa shape index (κ3) is 4.23. The van der Waals surface area contributed by atoms with Crippen LogP contribution in [0, 0.1) is 17.3 Å². The molecule has 0 aromatic heterocycles. The van der Waals surface area contributed by atoms with Crippen LogP contribution in [0.1, 0.15) is 27.7 Å². The van der Waals surface area contributed by atoms with Gasteiger partial charge in [0.15, 0.2) is 0 Å². The van der Waals surface area contributed by atoms with Crippen molar-refractivity contribution in [2.24, 2.45) is 17.3 Å². The quantitative estimate of drug-likeness (QED) is 0.785. The Balaban J connectivity index is 1.96. The number of anilines is 2. The van der Waals surface area contributed by atoms with Crippen molar-refractivity contribution in [2.75, 3.05) is 24.4 Å². The van der Waals surface area contributed by atoms with Gasteiger partial charge in [0.2, 0.25) is 11.8 Å². The van der Waals surface area contributed by atoms with E-state index in [1.54, 1.807) is 24.3 Å². The molecule has 0 aliphatic heterocycles. The first kappa shape index (κ1) is 18.2. The zero-order chi connectivity index (χ0) is 17.9. The fourth-order valence-corrected chi connectivity index (χ4v) is 3.03. The van der Waals surface area contributed by atoms with E-state index in [1.165, 1.54) is 12.7 Å². The van der Waals surface area contributed by atoms with E-state index in [1.807, 2.05) is 0 Å². The monoisotopic (exact) mass is 330 g/mol. The zero-order valence-corrected chi connectivity index (χ0v) is 15.0. The summed E-state index contributed by atoms with van der Waals surface area (Å²) in [7, 11) is 1.47. The van der Waals surface area contributed by atoms with Crippen LogP contribution < -0.4 is 10.6 Å². The molecule has 0 saturated heterocycles. The van der Waals surface area contributed by atoms with Gasteiger partial charge in [0, 0.05) is 18.5 Å². The molecular weight excluding hydrogens is 304 g/mol. The van der Waals surface area contributed by atoms with Gasteiger partial charge in [-0.25, -0.2) is 0 Å². The maximum atomic E-state index is 12.5. The third-order valence-electron chi connectivity index (χ3n) is 4.42. The molecule has 0 bridgehead atoms. The largest absolute Gasteiger partial charge is 0.375 e. The molecule has 0 unspecified atom stereocenters. The van der Waals surface area contributed by atoms with E-state index in [9.17, 15) is 9.59 Å². The lowest BCUT2D eigenvalue weighted by atomic mass is 10.1. The first-order valence-electron chi connectivity index (χ1n) is 8.10. The van der Waals surface area contributed by atoms with Crippen LogP contribution in [0.15, 0.2) is 35.9 Å². The summed E-state index contributed by atoms with van der Waals surface area (Å²) < 4.78 is 4.77. The summed E-state index contributed by atoms with van der Waals surface area (Å²) in [5.74, 6) is 0.112. The summed E-state index contributed by atoms with van der Waals surface area (Å²) in [5.41, 5.74) is 2.63. The molecule has 2 atom stereocenters. The smallest absolute Gasteiger partial charge is 0.250 e. The summed E-state index contributed by atoms with van der Waals surface area (Å²) in [4.78, 5) is 24.0. The van der Waals surface area contributed by atoms with Crippen molar-refractivity contribution >= 4 is 23.2 Å². The number of carbonyl (C=O) groups excluding carboxylic acids is 2. The van der Waals surface area contributed by atoms with Crippen LogP contribution in [0.2, 0.25) is 0 Å². The third-order valence-corrected chi connectivity index (χ3v) is 4.42. The second-order valence-electron chi connectivity index (χ2n) is 7.12. The van der Waals surface area contributed by atoms with Gasteiger partial charge in [-0.15, -0.1) is 0 Å². The lowest BCUT2D eigenvalue weighted by molar-refractivity contribution is -0.120. The minimum absolute atomic E-state index is 0.00454. The molecule has 1 aliphatic carbocycles. The number of rotatable bonds is 6. The Labute approximate surface area is 143 Å². The molecule has 2 N–H and O–H groups in total. The van der Waals surface area contributed by atoms with Gasteiger partial charge in [-0.2, -0.15) is 0 Å². The first-order valence-corrected chi connectivity index (χ1v) is 8.10. The lowest BCUT2D eigenvalue weighted by Gasteiger charge is -2.08. The van der Waals surface area contributed by atoms with Crippen LogP contribution >= 0.6 is 0 Å². The van der Waals surface area contributed by atoms with Crippen LogP contribution in [0.5, 0.6) is 0 Å². The molecule has 0 spiro atoms. The maximum Gasteiger partial charge on any atom is 0.250 e. The second-order valence-corrected chi connectivity index (χ2v) is 7.12. The Morgan fingerprint density at radius 3 is 2.17 bits per heavy atom. The number of benzene rings is 1. The molecule has 5 nitrogen and oxygen atoms in total. The summed E-state index contributed by atoms with van der Waals surface area (Å²) >= 11 is 0. The summed E-state index contributed by atoms with van der Waals surface area (Å²) in [6, 6.07) is 7.08. The fraction of sp³-hybridized carbons (Fsp3) is 0.474. The van der Waals surface area contributed by atoms with Gasteiger partial charge in [0.05, 0.1) is 5.92 Å². The molecule has 24 heavy (non-hydrogen) atoms. The van der Waals surface area contributed by atoms with Crippen LogP contribution in [-0.2, 0) is 14.3 Å². The van der Waals surface area contributed by atoms with E-state index < -0.39 is 0 Å². The van der Waals surface area contributed by atoms with Crippen molar-refractivity contribution in [3.8, 4) is 0 Å². The van der Waals surface area contributed by atoms with E-state index in [-0.39, 0.29) is 35.7 Å². The van der Waals surface area contributed by atoms with Crippen molar-refractivity contribution in [3.05, 3.63) is 35.9 Å². The molecular formula is C19H26N2O3. The molecule has 130 valence electrons. The van der Waals surface area contributed by atoms with Crippen molar-refractivity contribution in [1.82, 2.24) is 0 Å². The number of carbonyl (C=O) groups is 2. The number of methoxy groups -OCH3 is 1. The number of amides is 2. The summed E-state index contributed by atoms with van der Waals surface area (Å²) in [6.07, 6.45) is 2.18. The zero-order valence-electron chi connectivity index (χ0n) is 15.0. The van der Waals surface area contributed by atoms with Crippen molar-refractivity contribution in [2.45, 2.75) is 27.7 Å². The molecule has 5 heteroatoms. The Morgan fingerprint density at radius 1 is 1.12 bits per heavy atom. The number of ether oxygens (including phenoxy) is 1. The van der Waals surface area contributed by atoms with E-state index in [0.717, 1.165) is 5.69 Å². The average Bonchev–Trinajstić information content (AvgIpc) is 3.01. The molecule has 1 fully saturated rings. The Kier molecular flexibility index (Phi) is 5.44. The van der Waals surface area contributed by atoms with Gasteiger partial charge in [-0.05, 0) is 49.4 Å². The number of hydrogen-bond donors (Lipinski definition) is 2. The molecule has 2 rings (SSSR count). The number of hydrogen-bond acceptors (Lipinski definition) is 3. The molecule has 0 heterocycles. The highest BCUT2D eigenvalue weighted by Gasteiger charge is 2.60. The molecule has 1 aliphatic rings. The molecule has 1 saturated carbocycles. The van der Waals surface area contributed by atoms with Gasteiger partial charge in [-0.3, -0.25) is 9.59 Å². The fourth-order valence-electron chi connectivity index (χ4n) is 3.03. The highest BCUT2D eigenvalue weighted by Crippen LogP contribution is 2.59. The summed E-state index contributed by atoms with van der Waals surface area (Å²) in [6.45, 7) is 8.37. The van der Waals surface area contributed by atoms with Gasteiger partial charge in [0.25, 0.3) is 0 Å². The van der Waals surface area contributed by atoms with Gasteiger partial charge in [-0.1, -0.05) is 25.5 Å². The SMILES string of the molecule is COCC(=O)Nc1ccc(NC(=O)[C@@H]2[C@H](C=C(C)C)C2(C)C)cc1. The Bertz CT molecular complexity index is 643. The van der Waals surface area contributed by atoms with Gasteiger partial charge >= 0.3 is 0 Å². The molecule has 2 amide bonds.